The zero-order valence-electron chi connectivity index (χ0n) is 14.7. The number of hydrogen-bond donors (Lipinski definition) is 0. The third-order valence-corrected chi connectivity index (χ3v) is 4.99. The van der Waals surface area contributed by atoms with Crippen LogP contribution in [0.1, 0.15) is 30.5 Å². The zero-order valence-corrected chi connectivity index (χ0v) is 14.7. The second-order valence-corrected chi connectivity index (χ2v) is 6.60. The van der Waals surface area contributed by atoms with Crippen LogP contribution in [0.15, 0.2) is 48.5 Å². The fourth-order valence-corrected chi connectivity index (χ4v) is 3.70. The number of benzene rings is 1. The van der Waals surface area contributed by atoms with Crippen molar-refractivity contribution in [3.8, 4) is 5.88 Å². The molecular weight excluding hydrogens is 330 g/mol. The molecule has 2 aromatic rings. The third-order valence-electron chi connectivity index (χ3n) is 4.99. The second kappa shape index (κ2) is 7.15. The zero-order chi connectivity index (χ0) is 17.9. The minimum atomic E-state index is -0.238. The molecule has 2 atom stereocenters. The first-order valence-electron chi connectivity index (χ1n) is 8.82. The van der Waals surface area contributed by atoms with Crippen molar-refractivity contribution in [2.45, 2.75) is 38.0 Å². The molecule has 2 aliphatic rings. The minimum absolute atomic E-state index is 0.0657. The molecule has 1 saturated heterocycles. The van der Waals surface area contributed by atoms with Gasteiger partial charge in [-0.1, -0.05) is 36.4 Å². The fraction of sp³-hybridized carbons (Fsp3) is 0.350. The standard InChI is InChI=1S/C20H21N3O3/c1-25-19-10-9-18(21-22-19)15-11-16-7-8-17(12-15)23(16)20(24)26-13-14-5-3-2-4-6-14/h2-6,9-11,16-17H,7-8,12-13H2,1H3. The quantitative estimate of drug-likeness (QED) is 0.844. The van der Waals surface area contributed by atoms with Crippen LogP contribution in [0.2, 0.25) is 0 Å². The monoisotopic (exact) mass is 351 g/mol. The molecule has 3 heterocycles. The predicted molar refractivity (Wildman–Crippen MR) is 96.5 cm³/mol. The van der Waals surface area contributed by atoms with E-state index in [0.717, 1.165) is 36.1 Å². The van der Waals surface area contributed by atoms with Gasteiger partial charge in [-0.15, -0.1) is 10.2 Å². The first kappa shape index (κ1) is 16.6. The molecule has 2 unspecified atom stereocenters. The number of amides is 1. The summed E-state index contributed by atoms with van der Waals surface area (Å²) >= 11 is 0. The summed E-state index contributed by atoms with van der Waals surface area (Å²) in [7, 11) is 1.57. The van der Waals surface area contributed by atoms with Gasteiger partial charge in [0.15, 0.2) is 0 Å². The Balaban J connectivity index is 1.45. The van der Waals surface area contributed by atoms with E-state index in [1.807, 2.05) is 47.4 Å². The van der Waals surface area contributed by atoms with Crippen LogP contribution in [-0.2, 0) is 11.3 Å². The van der Waals surface area contributed by atoms with Gasteiger partial charge in [0.1, 0.15) is 6.61 Å². The van der Waals surface area contributed by atoms with Crippen molar-refractivity contribution < 1.29 is 14.3 Å². The van der Waals surface area contributed by atoms with E-state index in [0.29, 0.717) is 12.5 Å². The van der Waals surface area contributed by atoms with E-state index in [2.05, 4.69) is 16.3 Å². The lowest BCUT2D eigenvalue weighted by Crippen LogP contribution is -2.43. The molecule has 2 aliphatic heterocycles. The Kier molecular flexibility index (Phi) is 4.56. The SMILES string of the molecule is COc1ccc(C2=CC3CCC(C2)N3C(=O)OCc2ccccc2)nn1. The Morgan fingerprint density at radius 3 is 2.69 bits per heavy atom. The van der Waals surface area contributed by atoms with Crippen molar-refractivity contribution in [2.24, 2.45) is 0 Å². The minimum Gasteiger partial charge on any atom is -0.480 e. The van der Waals surface area contributed by atoms with Crippen molar-refractivity contribution in [3.05, 3.63) is 59.8 Å². The molecule has 0 radical (unpaired) electrons. The molecule has 6 heteroatoms. The molecule has 2 bridgehead atoms. The maximum Gasteiger partial charge on any atom is 0.410 e. The Morgan fingerprint density at radius 1 is 1.15 bits per heavy atom. The van der Waals surface area contributed by atoms with Crippen LogP contribution in [0.3, 0.4) is 0 Å². The molecule has 0 spiro atoms. The largest absolute Gasteiger partial charge is 0.480 e. The van der Waals surface area contributed by atoms with E-state index in [-0.39, 0.29) is 18.2 Å². The van der Waals surface area contributed by atoms with Crippen LogP contribution in [0.25, 0.3) is 5.57 Å². The summed E-state index contributed by atoms with van der Waals surface area (Å²) in [5, 5.41) is 8.28. The number of aromatic nitrogens is 2. The van der Waals surface area contributed by atoms with Crippen LogP contribution in [0, 0.1) is 0 Å². The Morgan fingerprint density at radius 2 is 2.00 bits per heavy atom. The number of ether oxygens (including phenoxy) is 2. The molecule has 1 aromatic carbocycles. The number of fused-ring (bicyclic) bond motifs is 2. The number of carbonyl (C=O) groups excluding carboxylic acids is 1. The van der Waals surface area contributed by atoms with Gasteiger partial charge >= 0.3 is 6.09 Å². The van der Waals surface area contributed by atoms with Crippen LogP contribution in [0.4, 0.5) is 4.79 Å². The predicted octanol–water partition coefficient (Wildman–Crippen LogP) is 3.44. The maximum absolute atomic E-state index is 12.6. The highest BCUT2D eigenvalue weighted by Crippen LogP contribution is 2.38. The van der Waals surface area contributed by atoms with Crippen LogP contribution >= 0.6 is 0 Å². The van der Waals surface area contributed by atoms with Gasteiger partial charge in [0, 0.05) is 12.1 Å². The average molecular weight is 351 g/mol. The van der Waals surface area contributed by atoms with E-state index in [9.17, 15) is 4.79 Å². The maximum atomic E-state index is 12.6. The van der Waals surface area contributed by atoms with E-state index in [1.165, 1.54) is 0 Å². The van der Waals surface area contributed by atoms with E-state index < -0.39 is 0 Å². The highest BCUT2D eigenvalue weighted by molar-refractivity contribution is 5.74. The summed E-state index contributed by atoms with van der Waals surface area (Å²) < 4.78 is 10.6. The van der Waals surface area contributed by atoms with Gasteiger partial charge in [-0.25, -0.2) is 4.79 Å². The summed E-state index contributed by atoms with van der Waals surface area (Å²) in [6.07, 6.45) is 4.60. The number of rotatable bonds is 4. The molecular formula is C20H21N3O3. The molecule has 1 fully saturated rings. The lowest BCUT2D eigenvalue weighted by atomic mass is 9.99. The van der Waals surface area contributed by atoms with Crippen LogP contribution in [0.5, 0.6) is 5.88 Å². The van der Waals surface area contributed by atoms with E-state index in [4.69, 9.17) is 9.47 Å². The molecule has 1 amide bonds. The fourth-order valence-electron chi connectivity index (χ4n) is 3.70. The normalized spacial score (nSPS) is 21.3. The van der Waals surface area contributed by atoms with E-state index >= 15 is 0 Å². The van der Waals surface area contributed by atoms with Crippen molar-refractivity contribution >= 4 is 11.7 Å². The molecule has 1 aromatic heterocycles. The Labute approximate surface area is 152 Å². The molecule has 134 valence electrons. The molecule has 0 aliphatic carbocycles. The number of nitrogens with zero attached hydrogens (tertiary/aromatic N) is 3. The lowest BCUT2D eigenvalue weighted by Gasteiger charge is -2.33. The Bertz CT molecular complexity index is 805. The van der Waals surface area contributed by atoms with Crippen molar-refractivity contribution in [1.29, 1.82) is 0 Å². The van der Waals surface area contributed by atoms with Gasteiger partial charge in [-0.2, -0.15) is 0 Å². The first-order chi connectivity index (χ1) is 12.7. The van der Waals surface area contributed by atoms with Crippen LogP contribution in [-0.4, -0.2) is 40.4 Å². The lowest BCUT2D eigenvalue weighted by molar-refractivity contribution is 0.0832. The summed E-state index contributed by atoms with van der Waals surface area (Å²) in [5.41, 5.74) is 2.98. The highest BCUT2D eigenvalue weighted by Gasteiger charge is 2.40. The molecule has 4 rings (SSSR count). The summed E-state index contributed by atoms with van der Waals surface area (Å²) in [5.74, 6) is 0.499. The molecule has 6 nitrogen and oxygen atoms in total. The average Bonchev–Trinajstić information content (AvgIpc) is 2.96. The molecule has 0 N–H and O–H groups in total. The highest BCUT2D eigenvalue weighted by atomic mass is 16.6. The van der Waals surface area contributed by atoms with Gasteiger partial charge in [0.2, 0.25) is 5.88 Å². The third kappa shape index (κ3) is 3.27. The van der Waals surface area contributed by atoms with Crippen molar-refractivity contribution in [3.63, 3.8) is 0 Å². The number of carbonyl (C=O) groups is 1. The molecule has 26 heavy (non-hydrogen) atoms. The van der Waals surface area contributed by atoms with Gasteiger partial charge in [0.25, 0.3) is 0 Å². The second-order valence-electron chi connectivity index (χ2n) is 6.60. The van der Waals surface area contributed by atoms with Crippen molar-refractivity contribution in [2.75, 3.05) is 7.11 Å². The summed E-state index contributed by atoms with van der Waals surface area (Å²) in [4.78, 5) is 14.5. The van der Waals surface area contributed by atoms with Crippen molar-refractivity contribution in [1.82, 2.24) is 15.1 Å². The van der Waals surface area contributed by atoms with Crippen LogP contribution < -0.4 is 4.74 Å². The van der Waals surface area contributed by atoms with Gasteiger partial charge in [0.05, 0.1) is 18.8 Å². The topological polar surface area (TPSA) is 64.5 Å². The number of methoxy groups -OCH3 is 1. The first-order valence-corrected chi connectivity index (χ1v) is 8.82. The van der Waals surface area contributed by atoms with Gasteiger partial charge < -0.3 is 9.47 Å². The van der Waals surface area contributed by atoms with E-state index in [1.54, 1.807) is 7.11 Å². The van der Waals surface area contributed by atoms with Gasteiger partial charge in [-0.3, -0.25) is 4.90 Å². The summed E-state index contributed by atoms with van der Waals surface area (Å²) in [6, 6.07) is 13.7. The smallest absolute Gasteiger partial charge is 0.410 e. The Hall–Kier alpha value is -2.89. The summed E-state index contributed by atoms with van der Waals surface area (Å²) in [6.45, 7) is 0.302. The molecule has 0 saturated carbocycles. The number of hydrogen-bond acceptors (Lipinski definition) is 5. The van der Waals surface area contributed by atoms with Gasteiger partial charge in [-0.05, 0) is 36.5 Å².